The van der Waals surface area contributed by atoms with Crippen molar-refractivity contribution < 1.29 is 9.53 Å². The van der Waals surface area contributed by atoms with Gasteiger partial charge in [-0.05, 0) is 19.1 Å². The maximum atomic E-state index is 12.0. The molecule has 8 nitrogen and oxygen atoms in total. The van der Waals surface area contributed by atoms with E-state index in [0.717, 1.165) is 10.4 Å². The second kappa shape index (κ2) is 6.91. The van der Waals surface area contributed by atoms with Crippen LogP contribution in [-0.2, 0) is 13.6 Å². The lowest BCUT2D eigenvalue weighted by Crippen LogP contribution is -2.33. The Hall–Kier alpha value is -2.90. The normalized spacial score (nSPS) is 10.4. The molecule has 122 valence electrons. The van der Waals surface area contributed by atoms with Gasteiger partial charge < -0.3 is 14.6 Å². The zero-order valence-electron chi connectivity index (χ0n) is 13.2. The van der Waals surface area contributed by atoms with E-state index in [-0.39, 0.29) is 23.4 Å². The van der Waals surface area contributed by atoms with Crippen LogP contribution in [0, 0.1) is 6.92 Å². The molecule has 2 aromatic rings. The molecule has 1 amide bonds. The van der Waals surface area contributed by atoms with Crippen molar-refractivity contribution in [2.75, 3.05) is 13.7 Å². The molecule has 0 aliphatic carbocycles. The summed E-state index contributed by atoms with van der Waals surface area (Å²) >= 11 is 0. The first-order chi connectivity index (χ1) is 10.9. The van der Waals surface area contributed by atoms with Crippen LogP contribution in [0.5, 0.6) is 5.75 Å². The number of amides is 1. The van der Waals surface area contributed by atoms with Crippen molar-refractivity contribution in [2.24, 2.45) is 7.05 Å². The Kier molecular flexibility index (Phi) is 4.95. The fourth-order valence-electron chi connectivity index (χ4n) is 2.10. The topological polar surface area (TPSA) is 95.2 Å². The predicted octanol–water partition coefficient (Wildman–Crippen LogP) is -0.311. The Morgan fingerprint density at radius 1 is 1.26 bits per heavy atom. The van der Waals surface area contributed by atoms with Gasteiger partial charge in [0, 0.05) is 38.0 Å². The number of rotatable bonds is 5. The minimum atomic E-state index is -0.403. The molecule has 0 fully saturated rings. The third-order valence-electron chi connectivity index (χ3n) is 3.36. The summed E-state index contributed by atoms with van der Waals surface area (Å²) in [4.78, 5) is 35.2. The van der Waals surface area contributed by atoms with E-state index >= 15 is 0 Å². The highest BCUT2D eigenvalue weighted by Gasteiger charge is 2.09. The highest BCUT2D eigenvalue weighted by atomic mass is 16.5. The first kappa shape index (κ1) is 16.5. The van der Waals surface area contributed by atoms with Crippen LogP contribution < -0.4 is 21.2 Å². The number of pyridine rings is 1. The lowest BCUT2D eigenvalue weighted by Gasteiger charge is -2.12. The monoisotopic (exact) mass is 318 g/mol. The van der Waals surface area contributed by atoms with Crippen LogP contribution in [-0.4, -0.2) is 33.9 Å². The van der Waals surface area contributed by atoms with Crippen molar-refractivity contribution in [3.8, 4) is 5.75 Å². The van der Waals surface area contributed by atoms with Gasteiger partial charge in [-0.15, -0.1) is 0 Å². The number of aromatic nitrogens is 3. The standard InChI is InChI=1S/C15H18N4O4/c1-10-8-11(23-3)9-14(21)19(10)7-6-16-15(22)12-4-5-13(20)18(2)17-12/h4-5,8-9H,6-7H2,1-3H3,(H,16,22). The van der Waals surface area contributed by atoms with E-state index < -0.39 is 5.91 Å². The Balaban J connectivity index is 2.02. The zero-order valence-corrected chi connectivity index (χ0v) is 13.2. The van der Waals surface area contributed by atoms with Gasteiger partial charge in [-0.25, -0.2) is 4.68 Å². The van der Waals surface area contributed by atoms with E-state index in [0.29, 0.717) is 12.3 Å². The molecule has 0 aliphatic heterocycles. The van der Waals surface area contributed by atoms with Crippen molar-refractivity contribution >= 4 is 5.91 Å². The third kappa shape index (κ3) is 3.85. The average molecular weight is 318 g/mol. The van der Waals surface area contributed by atoms with Crippen LogP contribution in [0.15, 0.2) is 33.9 Å². The molecular weight excluding hydrogens is 300 g/mol. The van der Waals surface area contributed by atoms with Gasteiger partial charge in [0.2, 0.25) is 0 Å². The zero-order chi connectivity index (χ0) is 17.0. The van der Waals surface area contributed by atoms with Crippen molar-refractivity contribution in [3.63, 3.8) is 0 Å². The largest absolute Gasteiger partial charge is 0.496 e. The molecule has 0 radical (unpaired) electrons. The van der Waals surface area contributed by atoms with E-state index in [1.807, 2.05) is 0 Å². The number of aryl methyl sites for hydroxylation is 2. The number of carbonyl (C=O) groups is 1. The van der Waals surface area contributed by atoms with Crippen LogP contribution in [0.25, 0.3) is 0 Å². The van der Waals surface area contributed by atoms with Gasteiger partial charge in [0.15, 0.2) is 0 Å². The highest BCUT2D eigenvalue weighted by molar-refractivity contribution is 5.91. The van der Waals surface area contributed by atoms with Gasteiger partial charge >= 0.3 is 0 Å². The fourth-order valence-corrected chi connectivity index (χ4v) is 2.10. The van der Waals surface area contributed by atoms with Crippen molar-refractivity contribution in [3.05, 3.63) is 56.4 Å². The van der Waals surface area contributed by atoms with E-state index in [2.05, 4.69) is 10.4 Å². The number of nitrogens with zero attached hydrogens (tertiary/aromatic N) is 3. The molecule has 0 aliphatic rings. The van der Waals surface area contributed by atoms with E-state index in [9.17, 15) is 14.4 Å². The molecule has 23 heavy (non-hydrogen) atoms. The molecule has 0 atom stereocenters. The molecule has 2 rings (SSSR count). The Morgan fingerprint density at radius 2 is 2.00 bits per heavy atom. The maximum absolute atomic E-state index is 12.0. The van der Waals surface area contributed by atoms with Crippen LogP contribution in [0.3, 0.4) is 0 Å². The lowest BCUT2D eigenvalue weighted by molar-refractivity contribution is 0.0944. The van der Waals surface area contributed by atoms with Crippen molar-refractivity contribution in [1.29, 1.82) is 0 Å². The Morgan fingerprint density at radius 3 is 2.61 bits per heavy atom. The number of ether oxygens (including phenoxy) is 1. The maximum Gasteiger partial charge on any atom is 0.271 e. The third-order valence-corrected chi connectivity index (χ3v) is 3.36. The smallest absolute Gasteiger partial charge is 0.271 e. The fraction of sp³-hybridized carbons (Fsp3) is 0.333. The number of methoxy groups -OCH3 is 1. The molecule has 1 N–H and O–H groups in total. The number of hydrogen-bond acceptors (Lipinski definition) is 5. The summed E-state index contributed by atoms with van der Waals surface area (Å²) in [5.74, 6) is 0.0991. The first-order valence-electron chi connectivity index (χ1n) is 7.00. The van der Waals surface area contributed by atoms with Crippen LogP contribution in [0.1, 0.15) is 16.2 Å². The second-order valence-electron chi connectivity index (χ2n) is 4.96. The SMILES string of the molecule is COc1cc(C)n(CCNC(=O)c2ccc(=O)n(C)n2)c(=O)c1. The first-order valence-corrected chi connectivity index (χ1v) is 7.00. The molecular formula is C15H18N4O4. The summed E-state index contributed by atoms with van der Waals surface area (Å²) in [6.07, 6.45) is 0. The average Bonchev–Trinajstić information content (AvgIpc) is 2.52. The van der Waals surface area contributed by atoms with Gasteiger partial charge in [0.05, 0.1) is 7.11 Å². The molecule has 8 heteroatoms. The summed E-state index contributed by atoms with van der Waals surface area (Å²) in [5, 5.41) is 6.53. The number of nitrogens with one attached hydrogen (secondary N) is 1. The molecule has 0 spiro atoms. The quantitative estimate of drug-likeness (QED) is 0.816. The molecule has 2 aromatic heterocycles. The van der Waals surface area contributed by atoms with Crippen LogP contribution in [0.4, 0.5) is 0 Å². The van der Waals surface area contributed by atoms with E-state index in [4.69, 9.17) is 4.74 Å². The van der Waals surface area contributed by atoms with Gasteiger partial charge in [0.1, 0.15) is 11.4 Å². The molecule has 0 aromatic carbocycles. The van der Waals surface area contributed by atoms with Crippen molar-refractivity contribution in [1.82, 2.24) is 19.7 Å². The summed E-state index contributed by atoms with van der Waals surface area (Å²) in [5.41, 5.74) is 0.396. The van der Waals surface area contributed by atoms with Gasteiger partial charge in [0.25, 0.3) is 17.0 Å². The van der Waals surface area contributed by atoms with Gasteiger partial charge in [-0.3, -0.25) is 14.4 Å². The highest BCUT2D eigenvalue weighted by Crippen LogP contribution is 2.08. The summed E-state index contributed by atoms with van der Waals surface area (Å²) < 4.78 is 7.66. The van der Waals surface area contributed by atoms with E-state index in [1.165, 1.54) is 36.9 Å². The summed E-state index contributed by atoms with van der Waals surface area (Å²) in [7, 11) is 2.97. The predicted molar refractivity (Wildman–Crippen MR) is 83.8 cm³/mol. The van der Waals surface area contributed by atoms with E-state index in [1.54, 1.807) is 13.0 Å². The van der Waals surface area contributed by atoms with Gasteiger partial charge in [-0.2, -0.15) is 5.10 Å². The summed E-state index contributed by atoms with van der Waals surface area (Å²) in [6, 6.07) is 5.78. The van der Waals surface area contributed by atoms with Crippen LogP contribution in [0.2, 0.25) is 0 Å². The summed E-state index contributed by atoms with van der Waals surface area (Å²) in [6.45, 7) is 2.38. The minimum absolute atomic E-state index is 0.144. The number of carbonyl (C=O) groups excluding carboxylic acids is 1. The second-order valence-corrected chi connectivity index (χ2v) is 4.96. The Bertz CT molecular complexity index is 838. The lowest BCUT2D eigenvalue weighted by atomic mass is 10.3. The molecule has 0 saturated heterocycles. The molecule has 0 unspecified atom stereocenters. The molecule has 2 heterocycles. The molecule has 0 saturated carbocycles. The van der Waals surface area contributed by atoms with Crippen LogP contribution >= 0.6 is 0 Å². The Labute approximate surface area is 132 Å². The van der Waals surface area contributed by atoms with Crippen molar-refractivity contribution in [2.45, 2.75) is 13.5 Å². The van der Waals surface area contributed by atoms with Gasteiger partial charge in [-0.1, -0.05) is 0 Å². The molecule has 0 bridgehead atoms. The minimum Gasteiger partial charge on any atom is -0.496 e. The number of hydrogen-bond donors (Lipinski definition) is 1.